The molecule has 16 heavy (non-hydrogen) atoms. The van der Waals surface area contributed by atoms with Gasteiger partial charge in [0.2, 0.25) is 0 Å². The minimum absolute atomic E-state index is 0.333. The zero-order valence-corrected chi connectivity index (χ0v) is 10.0. The van der Waals surface area contributed by atoms with E-state index in [1.165, 1.54) is 4.57 Å². The number of halogens is 2. The minimum atomic E-state index is -0.420. The number of hydrogen-bond acceptors (Lipinski definition) is 2. The van der Waals surface area contributed by atoms with E-state index < -0.39 is 6.09 Å². The van der Waals surface area contributed by atoms with Crippen LogP contribution in [0, 0.1) is 0 Å². The molecule has 84 valence electrons. The zero-order chi connectivity index (χ0) is 11.7. The Morgan fingerprint density at radius 1 is 1.38 bits per heavy atom. The van der Waals surface area contributed by atoms with Crippen molar-refractivity contribution in [2.45, 2.75) is 6.92 Å². The van der Waals surface area contributed by atoms with E-state index in [4.69, 9.17) is 27.9 Å². The van der Waals surface area contributed by atoms with E-state index in [0.29, 0.717) is 22.2 Å². The number of carbonyl (C=O) groups excluding carboxylic acids is 1. The maximum absolute atomic E-state index is 11.6. The van der Waals surface area contributed by atoms with Crippen LogP contribution >= 0.6 is 23.2 Å². The molecule has 5 heteroatoms. The molecule has 1 aromatic heterocycles. The molecular weight excluding hydrogens is 249 g/mol. The molecule has 0 fully saturated rings. The van der Waals surface area contributed by atoms with Gasteiger partial charge in [-0.1, -0.05) is 23.2 Å². The SMILES string of the molecule is CCOC(=O)n1ccc2c(Cl)c(Cl)ccc21. The topological polar surface area (TPSA) is 31.2 Å². The van der Waals surface area contributed by atoms with Gasteiger partial charge in [-0.2, -0.15) is 0 Å². The summed E-state index contributed by atoms with van der Waals surface area (Å²) in [5, 5.41) is 1.65. The second kappa shape index (κ2) is 4.36. The molecule has 1 aromatic carbocycles. The number of benzene rings is 1. The Bertz CT molecular complexity index is 548. The van der Waals surface area contributed by atoms with Gasteiger partial charge in [0.1, 0.15) is 0 Å². The summed E-state index contributed by atoms with van der Waals surface area (Å²) >= 11 is 11.9. The van der Waals surface area contributed by atoms with Crippen LogP contribution in [-0.2, 0) is 4.74 Å². The van der Waals surface area contributed by atoms with Gasteiger partial charge in [0.25, 0.3) is 0 Å². The molecule has 0 aliphatic heterocycles. The standard InChI is InChI=1S/C11H9Cl2NO2/c1-2-16-11(15)14-6-5-7-9(14)4-3-8(12)10(7)13/h3-6H,2H2,1H3. The predicted molar refractivity (Wildman–Crippen MR) is 64.4 cm³/mol. The van der Waals surface area contributed by atoms with Gasteiger partial charge in [0, 0.05) is 11.6 Å². The molecule has 0 spiro atoms. The zero-order valence-electron chi connectivity index (χ0n) is 8.54. The van der Waals surface area contributed by atoms with Crippen molar-refractivity contribution < 1.29 is 9.53 Å². The molecule has 3 nitrogen and oxygen atoms in total. The highest BCUT2D eigenvalue weighted by Gasteiger charge is 2.12. The number of fused-ring (bicyclic) bond motifs is 1. The quantitative estimate of drug-likeness (QED) is 0.775. The van der Waals surface area contributed by atoms with E-state index in [2.05, 4.69) is 0 Å². The fraction of sp³-hybridized carbons (Fsp3) is 0.182. The smallest absolute Gasteiger partial charge is 0.418 e. The van der Waals surface area contributed by atoms with Crippen LogP contribution in [0.5, 0.6) is 0 Å². The molecule has 0 unspecified atom stereocenters. The van der Waals surface area contributed by atoms with Crippen molar-refractivity contribution >= 4 is 40.2 Å². The van der Waals surface area contributed by atoms with Crippen molar-refractivity contribution in [1.82, 2.24) is 4.57 Å². The molecule has 0 amide bonds. The van der Waals surface area contributed by atoms with Gasteiger partial charge in [-0.15, -0.1) is 0 Å². The fourth-order valence-electron chi connectivity index (χ4n) is 1.51. The Balaban J connectivity index is 2.58. The lowest BCUT2D eigenvalue weighted by atomic mass is 10.2. The number of ether oxygens (including phenoxy) is 1. The number of carbonyl (C=O) groups is 1. The van der Waals surface area contributed by atoms with Crippen LogP contribution in [0.15, 0.2) is 24.4 Å². The predicted octanol–water partition coefficient (Wildman–Crippen LogP) is 3.95. The first kappa shape index (κ1) is 11.3. The second-order valence-corrected chi connectivity index (χ2v) is 3.96. The average Bonchev–Trinajstić information content (AvgIpc) is 2.68. The summed E-state index contributed by atoms with van der Waals surface area (Å²) in [7, 11) is 0. The lowest BCUT2D eigenvalue weighted by Crippen LogP contribution is -2.11. The monoisotopic (exact) mass is 257 g/mol. The summed E-state index contributed by atoms with van der Waals surface area (Å²) in [5.41, 5.74) is 0.688. The summed E-state index contributed by atoms with van der Waals surface area (Å²) in [4.78, 5) is 11.6. The molecule has 0 radical (unpaired) electrons. The summed E-state index contributed by atoms with van der Waals surface area (Å²) < 4.78 is 6.32. The van der Waals surface area contributed by atoms with Crippen LogP contribution in [0.2, 0.25) is 10.0 Å². The van der Waals surface area contributed by atoms with Gasteiger partial charge >= 0.3 is 6.09 Å². The van der Waals surface area contributed by atoms with Gasteiger partial charge in [-0.05, 0) is 25.1 Å². The molecular formula is C11H9Cl2NO2. The Labute approximate surface area is 103 Å². The molecule has 2 aromatic rings. The van der Waals surface area contributed by atoms with Crippen molar-refractivity contribution in [2.75, 3.05) is 6.61 Å². The Morgan fingerprint density at radius 2 is 2.12 bits per heavy atom. The van der Waals surface area contributed by atoms with Crippen molar-refractivity contribution in [2.24, 2.45) is 0 Å². The van der Waals surface area contributed by atoms with Crippen LogP contribution in [0.4, 0.5) is 4.79 Å². The van der Waals surface area contributed by atoms with Crippen molar-refractivity contribution in [3.05, 3.63) is 34.4 Å². The molecule has 0 saturated carbocycles. The molecule has 1 heterocycles. The Morgan fingerprint density at radius 3 is 2.81 bits per heavy atom. The van der Waals surface area contributed by atoms with Gasteiger partial charge in [-0.25, -0.2) is 4.79 Å². The van der Waals surface area contributed by atoms with Crippen LogP contribution in [0.3, 0.4) is 0 Å². The molecule has 0 aliphatic carbocycles. The Hall–Kier alpha value is -1.19. The second-order valence-electron chi connectivity index (χ2n) is 3.18. The van der Waals surface area contributed by atoms with Crippen LogP contribution in [0.25, 0.3) is 10.9 Å². The van der Waals surface area contributed by atoms with Crippen LogP contribution in [-0.4, -0.2) is 17.3 Å². The molecule has 0 N–H and O–H groups in total. The van der Waals surface area contributed by atoms with Gasteiger partial charge < -0.3 is 4.74 Å². The highest BCUT2D eigenvalue weighted by atomic mass is 35.5. The average molecular weight is 258 g/mol. The third-order valence-electron chi connectivity index (χ3n) is 2.22. The number of rotatable bonds is 1. The van der Waals surface area contributed by atoms with E-state index in [9.17, 15) is 4.79 Å². The molecule has 0 aliphatic rings. The number of aromatic nitrogens is 1. The van der Waals surface area contributed by atoms with Crippen LogP contribution in [0.1, 0.15) is 6.92 Å². The number of nitrogens with zero attached hydrogens (tertiary/aromatic N) is 1. The van der Waals surface area contributed by atoms with Gasteiger partial charge in [-0.3, -0.25) is 4.57 Å². The first-order valence-electron chi connectivity index (χ1n) is 4.77. The lowest BCUT2D eigenvalue weighted by Gasteiger charge is -2.04. The third-order valence-corrected chi connectivity index (χ3v) is 3.04. The maximum Gasteiger partial charge on any atom is 0.418 e. The van der Waals surface area contributed by atoms with Crippen molar-refractivity contribution in [3.8, 4) is 0 Å². The normalized spacial score (nSPS) is 10.7. The summed E-state index contributed by atoms with van der Waals surface area (Å²) in [6.07, 6.45) is 1.20. The molecule has 0 saturated heterocycles. The Kier molecular flexibility index (Phi) is 3.08. The lowest BCUT2D eigenvalue weighted by molar-refractivity contribution is 0.155. The minimum Gasteiger partial charge on any atom is -0.449 e. The van der Waals surface area contributed by atoms with Crippen molar-refractivity contribution in [1.29, 1.82) is 0 Å². The summed E-state index contributed by atoms with van der Waals surface area (Å²) in [6.45, 7) is 2.09. The van der Waals surface area contributed by atoms with E-state index >= 15 is 0 Å². The van der Waals surface area contributed by atoms with E-state index in [1.54, 1.807) is 31.3 Å². The maximum atomic E-state index is 11.6. The van der Waals surface area contributed by atoms with E-state index in [1.807, 2.05) is 0 Å². The first-order chi connectivity index (χ1) is 7.65. The number of hydrogen-bond donors (Lipinski definition) is 0. The third kappa shape index (κ3) is 1.77. The molecule has 2 rings (SSSR count). The highest BCUT2D eigenvalue weighted by Crippen LogP contribution is 2.31. The largest absolute Gasteiger partial charge is 0.449 e. The van der Waals surface area contributed by atoms with Crippen molar-refractivity contribution in [3.63, 3.8) is 0 Å². The van der Waals surface area contributed by atoms with Gasteiger partial charge in [0.05, 0.1) is 22.2 Å². The van der Waals surface area contributed by atoms with E-state index in [-0.39, 0.29) is 0 Å². The molecule has 0 bridgehead atoms. The fourth-order valence-corrected chi connectivity index (χ4v) is 1.89. The summed E-state index contributed by atoms with van der Waals surface area (Å²) in [6, 6.07) is 5.13. The molecule has 0 atom stereocenters. The van der Waals surface area contributed by atoms with Gasteiger partial charge in [0.15, 0.2) is 0 Å². The summed E-state index contributed by atoms with van der Waals surface area (Å²) in [5.74, 6) is 0. The first-order valence-corrected chi connectivity index (χ1v) is 5.53. The van der Waals surface area contributed by atoms with Crippen LogP contribution < -0.4 is 0 Å². The highest BCUT2D eigenvalue weighted by molar-refractivity contribution is 6.45. The van der Waals surface area contributed by atoms with E-state index in [0.717, 1.165) is 5.39 Å².